The molecule has 1 saturated heterocycles. The third-order valence-corrected chi connectivity index (χ3v) is 5.54. The summed E-state index contributed by atoms with van der Waals surface area (Å²) in [5.74, 6) is -1.37. The lowest BCUT2D eigenvalue weighted by atomic mass is 9.84. The minimum atomic E-state index is -0.689. The zero-order valence-corrected chi connectivity index (χ0v) is 19.9. The van der Waals surface area contributed by atoms with E-state index in [-0.39, 0.29) is 25.5 Å². The minimum absolute atomic E-state index is 0.0115. The number of hydrogen-bond acceptors (Lipinski definition) is 5. The third kappa shape index (κ3) is 6.25. The second-order valence-electron chi connectivity index (χ2n) is 9.26. The highest BCUT2D eigenvalue weighted by molar-refractivity contribution is 5.95. The summed E-state index contributed by atoms with van der Waals surface area (Å²) in [6.45, 7) is 9.11. The molecule has 1 fully saturated rings. The van der Waals surface area contributed by atoms with Crippen LogP contribution in [0.25, 0.3) is 0 Å². The Hall–Kier alpha value is -3.61. The van der Waals surface area contributed by atoms with Crippen molar-refractivity contribution in [1.82, 2.24) is 10.2 Å². The monoisotopic (exact) mass is 464 g/mol. The Morgan fingerprint density at radius 1 is 1.12 bits per heavy atom. The number of carbonyl (C=O) groups excluding carboxylic acids is 3. The van der Waals surface area contributed by atoms with Gasteiger partial charge in [0, 0.05) is 12.5 Å². The molecule has 34 heavy (non-hydrogen) atoms. The molecule has 1 aliphatic heterocycles. The summed E-state index contributed by atoms with van der Waals surface area (Å²) >= 11 is 0. The highest BCUT2D eigenvalue weighted by atomic mass is 16.6. The molecule has 0 radical (unpaired) electrons. The van der Waals surface area contributed by atoms with Gasteiger partial charge in [0.15, 0.2) is 0 Å². The maximum absolute atomic E-state index is 13.6. The number of ether oxygens (including phenoxy) is 2. The molecule has 3 rings (SSSR count). The van der Waals surface area contributed by atoms with Gasteiger partial charge in [0.1, 0.15) is 12.2 Å². The second kappa shape index (κ2) is 11.0. The van der Waals surface area contributed by atoms with E-state index in [0.717, 1.165) is 11.1 Å². The van der Waals surface area contributed by atoms with Gasteiger partial charge in [-0.3, -0.25) is 4.79 Å². The van der Waals surface area contributed by atoms with Gasteiger partial charge in [-0.1, -0.05) is 66.7 Å². The van der Waals surface area contributed by atoms with Crippen LogP contribution in [-0.4, -0.2) is 47.8 Å². The van der Waals surface area contributed by atoms with Gasteiger partial charge < -0.3 is 14.8 Å². The van der Waals surface area contributed by atoms with Crippen molar-refractivity contribution in [3.05, 3.63) is 84.4 Å². The Morgan fingerprint density at radius 3 is 2.18 bits per heavy atom. The predicted molar refractivity (Wildman–Crippen MR) is 129 cm³/mol. The van der Waals surface area contributed by atoms with E-state index in [2.05, 4.69) is 11.9 Å². The van der Waals surface area contributed by atoms with Gasteiger partial charge in [0.25, 0.3) is 0 Å². The van der Waals surface area contributed by atoms with Crippen LogP contribution in [0.4, 0.5) is 9.59 Å². The molecule has 7 heteroatoms. The molecular formula is C27H32N2O5. The van der Waals surface area contributed by atoms with E-state index in [9.17, 15) is 14.4 Å². The zero-order chi connectivity index (χ0) is 24.7. The van der Waals surface area contributed by atoms with E-state index in [4.69, 9.17) is 9.47 Å². The molecule has 0 unspecified atom stereocenters. The fourth-order valence-electron chi connectivity index (χ4n) is 4.08. The lowest BCUT2D eigenvalue weighted by molar-refractivity contribution is -0.133. The Morgan fingerprint density at radius 2 is 1.68 bits per heavy atom. The van der Waals surface area contributed by atoms with Crippen molar-refractivity contribution >= 4 is 18.1 Å². The average molecular weight is 465 g/mol. The molecule has 0 aromatic heterocycles. The van der Waals surface area contributed by atoms with Crippen LogP contribution in [0.2, 0.25) is 0 Å². The normalized spacial score (nSPS) is 16.6. The summed E-state index contributed by atoms with van der Waals surface area (Å²) in [5, 5.41) is 2.64. The Balaban J connectivity index is 1.87. The standard InChI is InChI=1S/C27H32N2O5/c1-5-12-21(17-28-25(31)34-27(2,3)4)24(30)29-22(18-33-26(29)32)23(19-13-8-6-9-14-19)20-15-10-7-11-16-20/h5-11,13-16,21-23H,1,12,17-18H2,2-4H3,(H,28,31)/t21-,22+/m1/s1. The van der Waals surface area contributed by atoms with E-state index in [0.29, 0.717) is 0 Å². The van der Waals surface area contributed by atoms with Gasteiger partial charge in [-0.2, -0.15) is 0 Å². The Kier molecular flexibility index (Phi) is 8.10. The second-order valence-corrected chi connectivity index (χ2v) is 9.26. The molecule has 0 aliphatic carbocycles. The minimum Gasteiger partial charge on any atom is -0.447 e. The fourth-order valence-corrected chi connectivity index (χ4v) is 4.08. The van der Waals surface area contributed by atoms with Crippen LogP contribution < -0.4 is 5.32 Å². The molecular weight excluding hydrogens is 432 g/mol. The molecule has 0 bridgehead atoms. The van der Waals surface area contributed by atoms with Crippen LogP contribution >= 0.6 is 0 Å². The number of imide groups is 1. The molecule has 1 N–H and O–H groups in total. The number of carbonyl (C=O) groups is 3. The van der Waals surface area contributed by atoms with Crippen LogP contribution in [0.1, 0.15) is 44.2 Å². The maximum atomic E-state index is 13.6. The number of rotatable bonds is 8. The molecule has 3 amide bonds. The molecule has 2 atom stereocenters. The fraction of sp³-hybridized carbons (Fsp3) is 0.370. The van der Waals surface area contributed by atoms with Gasteiger partial charge in [-0.15, -0.1) is 6.58 Å². The smallest absolute Gasteiger partial charge is 0.417 e. The maximum Gasteiger partial charge on any atom is 0.417 e. The molecule has 1 heterocycles. The van der Waals surface area contributed by atoms with E-state index >= 15 is 0 Å². The van der Waals surface area contributed by atoms with Gasteiger partial charge in [-0.25, -0.2) is 14.5 Å². The average Bonchev–Trinajstić information content (AvgIpc) is 3.17. The lowest BCUT2D eigenvalue weighted by Gasteiger charge is -2.31. The summed E-state index contributed by atoms with van der Waals surface area (Å²) in [6.07, 6.45) is 0.577. The number of nitrogens with zero attached hydrogens (tertiary/aromatic N) is 1. The predicted octanol–water partition coefficient (Wildman–Crippen LogP) is 4.88. The van der Waals surface area contributed by atoms with Crippen molar-refractivity contribution in [1.29, 1.82) is 0 Å². The summed E-state index contributed by atoms with van der Waals surface area (Å²) in [5.41, 5.74) is 1.29. The molecule has 180 valence electrons. The molecule has 0 spiro atoms. The van der Waals surface area contributed by atoms with E-state index in [1.165, 1.54) is 4.90 Å². The van der Waals surface area contributed by atoms with E-state index < -0.39 is 35.7 Å². The number of benzene rings is 2. The van der Waals surface area contributed by atoms with E-state index in [1.54, 1.807) is 26.8 Å². The van der Waals surface area contributed by atoms with Crippen LogP contribution in [0, 0.1) is 5.92 Å². The van der Waals surface area contributed by atoms with Crippen molar-refractivity contribution in [2.24, 2.45) is 5.92 Å². The number of cyclic esters (lactones) is 1. The Bertz CT molecular complexity index is 961. The Labute approximate surface area is 200 Å². The number of allylic oxidation sites excluding steroid dienone is 1. The highest BCUT2D eigenvalue weighted by Crippen LogP contribution is 2.35. The van der Waals surface area contributed by atoms with Crippen molar-refractivity contribution < 1.29 is 23.9 Å². The van der Waals surface area contributed by atoms with Gasteiger partial charge >= 0.3 is 12.2 Å². The summed E-state index contributed by atoms with van der Waals surface area (Å²) < 4.78 is 10.6. The first-order valence-corrected chi connectivity index (χ1v) is 11.4. The first-order chi connectivity index (χ1) is 16.2. The molecule has 2 aromatic rings. The van der Waals surface area contributed by atoms with Gasteiger partial charge in [0.2, 0.25) is 5.91 Å². The summed E-state index contributed by atoms with van der Waals surface area (Å²) in [4.78, 5) is 39.7. The summed E-state index contributed by atoms with van der Waals surface area (Å²) in [7, 11) is 0. The van der Waals surface area contributed by atoms with Gasteiger partial charge in [0.05, 0.1) is 12.0 Å². The SMILES string of the molecule is C=CC[C@H](CNC(=O)OC(C)(C)C)C(=O)N1C(=O)OC[C@H]1C(c1ccccc1)c1ccccc1. The largest absolute Gasteiger partial charge is 0.447 e. The zero-order valence-electron chi connectivity index (χ0n) is 19.9. The van der Waals surface area contributed by atoms with Gasteiger partial charge in [-0.05, 0) is 38.3 Å². The molecule has 2 aromatic carbocycles. The van der Waals surface area contributed by atoms with Crippen LogP contribution in [0.5, 0.6) is 0 Å². The molecule has 7 nitrogen and oxygen atoms in total. The number of alkyl carbamates (subject to hydrolysis) is 1. The van der Waals surface area contributed by atoms with Crippen LogP contribution in [-0.2, 0) is 14.3 Å². The highest BCUT2D eigenvalue weighted by Gasteiger charge is 2.45. The number of nitrogens with one attached hydrogen (secondary N) is 1. The van der Waals surface area contributed by atoms with Crippen molar-refractivity contribution in [2.75, 3.05) is 13.2 Å². The lowest BCUT2D eigenvalue weighted by Crippen LogP contribution is -2.48. The first-order valence-electron chi connectivity index (χ1n) is 11.4. The quantitative estimate of drug-likeness (QED) is 0.563. The van der Waals surface area contributed by atoms with Crippen molar-refractivity contribution in [2.45, 2.75) is 44.8 Å². The number of amides is 3. The molecule has 1 aliphatic rings. The van der Waals surface area contributed by atoms with Crippen molar-refractivity contribution in [3.8, 4) is 0 Å². The topological polar surface area (TPSA) is 84.9 Å². The summed E-state index contributed by atoms with van der Waals surface area (Å²) in [6, 6.07) is 19.0. The molecule has 0 saturated carbocycles. The van der Waals surface area contributed by atoms with Crippen LogP contribution in [0.3, 0.4) is 0 Å². The third-order valence-electron chi connectivity index (χ3n) is 5.54. The van der Waals surface area contributed by atoms with Crippen LogP contribution in [0.15, 0.2) is 73.3 Å². The van der Waals surface area contributed by atoms with E-state index in [1.807, 2.05) is 60.7 Å². The first kappa shape index (κ1) is 25.0. The van der Waals surface area contributed by atoms with Crippen molar-refractivity contribution in [3.63, 3.8) is 0 Å². The number of hydrogen-bond donors (Lipinski definition) is 1.